The highest BCUT2D eigenvalue weighted by atomic mass is 79.9. The molecule has 1 aromatic carbocycles. The zero-order chi connectivity index (χ0) is 12.1. The van der Waals surface area contributed by atoms with Gasteiger partial charge in [0.2, 0.25) is 0 Å². The van der Waals surface area contributed by atoms with Gasteiger partial charge in [0.15, 0.2) is 0 Å². The van der Waals surface area contributed by atoms with Crippen molar-refractivity contribution in [2.24, 2.45) is 5.92 Å². The van der Waals surface area contributed by atoms with Gasteiger partial charge in [0.25, 0.3) is 0 Å². The van der Waals surface area contributed by atoms with E-state index in [1.807, 2.05) is 18.2 Å². The molecule has 0 aliphatic rings. The topological polar surface area (TPSA) is 20.2 Å². The molecule has 0 radical (unpaired) electrons. The average molecular weight is 311 g/mol. The van der Waals surface area contributed by atoms with Gasteiger partial charge >= 0.3 is 0 Å². The van der Waals surface area contributed by atoms with Crippen molar-refractivity contribution in [2.75, 3.05) is 6.61 Å². The lowest BCUT2D eigenvalue weighted by atomic mass is 9.96. The largest absolute Gasteiger partial charge is 0.396 e. The number of aliphatic hydroxyl groups is 1. The van der Waals surface area contributed by atoms with E-state index in [0.29, 0.717) is 5.92 Å². The molecule has 2 rings (SSSR count). The van der Waals surface area contributed by atoms with Crippen LogP contribution in [-0.4, -0.2) is 11.7 Å². The molecule has 1 nitrogen and oxygen atoms in total. The summed E-state index contributed by atoms with van der Waals surface area (Å²) in [5, 5.41) is 9.45. The summed E-state index contributed by atoms with van der Waals surface area (Å²) in [6.45, 7) is 0.240. The molecule has 1 atom stereocenters. The van der Waals surface area contributed by atoms with Gasteiger partial charge in [-0.3, -0.25) is 0 Å². The Bertz CT molecular complexity index is 452. The van der Waals surface area contributed by atoms with Crippen LogP contribution in [0.3, 0.4) is 0 Å². The fourth-order valence-electron chi connectivity index (χ4n) is 1.89. The first-order chi connectivity index (χ1) is 8.28. The number of benzene rings is 1. The Morgan fingerprint density at radius 1 is 1.06 bits per heavy atom. The molecule has 90 valence electrons. The normalized spacial score (nSPS) is 12.6. The van der Waals surface area contributed by atoms with Crippen LogP contribution in [0.1, 0.15) is 10.4 Å². The molecule has 0 saturated heterocycles. The molecule has 0 bridgehead atoms. The van der Waals surface area contributed by atoms with Crippen molar-refractivity contribution < 1.29 is 5.11 Å². The molecule has 1 aromatic heterocycles. The number of hydrogen-bond donors (Lipinski definition) is 1. The molecule has 2 aromatic rings. The highest BCUT2D eigenvalue weighted by Gasteiger charge is 2.11. The Hall–Kier alpha value is -0.640. The quantitative estimate of drug-likeness (QED) is 0.888. The maximum absolute atomic E-state index is 9.45. The maximum atomic E-state index is 9.45. The van der Waals surface area contributed by atoms with E-state index in [-0.39, 0.29) is 6.61 Å². The molecule has 0 aliphatic carbocycles. The lowest BCUT2D eigenvalue weighted by molar-refractivity contribution is 0.225. The first kappa shape index (κ1) is 12.8. The van der Waals surface area contributed by atoms with Crippen molar-refractivity contribution in [1.29, 1.82) is 0 Å². The van der Waals surface area contributed by atoms with E-state index in [1.54, 1.807) is 11.3 Å². The third kappa shape index (κ3) is 3.95. The van der Waals surface area contributed by atoms with E-state index in [9.17, 15) is 5.11 Å². The molecular formula is C14H15BrOS. The molecule has 0 fully saturated rings. The van der Waals surface area contributed by atoms with Crippen LogP contribution in [-0.2, 0) is 12.8 Å². The highest BCUT2D eigenvalue weighted by molar-refractivity contribution is 9.11. The van der Waals surface area contributed by atoms with Gasteiger partial charge in [0, 0.05) is 11.5 Å². The molecular weight excluding hydrogens is 296 g/mol. The Balaban J connectivity index is 1.98. The molecule has 0 amide bonds. The average Bonchev–Trinajstić information content (AvgIpc) is 2.75. The van der Waals surface area contributed by atoms with Crippen LogP contribution in [0.4, 0.5) is 0 Å². The first-order valence-electron chi connectivity index (χ1n) is 5.67. The Kier molecular flexibility index (Phi) is 4.77. The van der Waals surface area contributed by atoms with Gasteiger partial charge in [-0.1, -0.05) is 30.3 Å². The SMILES string of the molecule is OCC(Cc1ccccc1)Cc1ccc(Br)s1. The fourth-order valence-corrected chi connectivity index (χ4v) is 3.49. The predicted octanol–water partition coefficient (Wildman–Crippen LogP) is 3.90. The molecule has 1 N–H and O–H groups in total. The van der Waals surface area contributed by atoms with Gasteiger partial charge in [-0.25, -0.2) is 0 Å². The predicted molar refractivity (Wildman–Crippen MR) is 76.4 cm³/mol. The van der Waals surface area contributed by atoms with Gasteiger partial charge in [0.1, 0.15) is 0 Å². The molecule has 3 heteroatoms. The zero-order valence-corrected chi connectivity index (χ0v) is 11.9. The minimum atomic E-state index is 0.240. The van der Waals surface area contributed by atoms with E-state index in [0.717, 1.165) is 16.6 Å². The lowest BCUT2D eigenvalue weighted by Gasteiger charge is -2.12. The third-order valence-corrected chi connectivity index (χ3v) is 4.39. The van der Waals surface area contributed by atoms with Crippen molar-refractivity contribution in [3.05, 3.63) is 56.7 Å². The lowest BCUT2D eigenvalue weighted by Crippen LogP contribution is -2.12. The minimum absolute atomic E-state index is 0.240. The summed E-state index contributed by atoms with van der Waals surface area (Å²) in [5.74, 6) is 0.308. The zero-order valence-electron chi connectivity index (χ0n) is 9.47. The second-order valence-electron chi connectivity index (χ2n) is 4.15. The molecule has 0 saturated carbocycles. The van der Waals surface area contributed by atoms with Gasteiger partial charge < -0.3 is 5.11 Å². The van der Waals surface area contributed by atoms with Crippen molar-refractivity contribution in [1.82, 2.24) is 0 Å². The van der Waals surface area contributed by atoms with Gasteiger partial charge in [-0.15, -0.1) is 11.3 Å². The highest BCUT2D eigenvalue weighted by Crippen LogP contribution is 2.25. The van der Waals surface area contributed by atoms with Gasteiger partial charge in [0.05, 0.1) is 3.79 Å². The van der Waals surface area contributed by atoms with E-state index in [1.165, 1.54) is 10.4 Å². The minimum Gasteiger partial charge on any atom is -0.396 e. The van der Waals surface area contributed by atoms with E-state index in [4.69, 9.17) is 0 Å². The summed E-state index contributed by atoms with van der Waals surface area (Å²) < 4.78 is 1.16. The first-order valence-corrected chi connectivity index (χ1v) is 7.28. The molecule has 17 heavy (non-hydrogen) atoms. The van der Waals surface area contributed by atoms with Crippen LogP contribution in [0.25, 0.3) is 0 Å². The van der Waals surface area contributed by atoms with Crippen LogP contribution >= 0.6 is 27.3 Å². The number of halogens is 1. The van der Waals surface area contributed by atoms with E-state index >= 15 is 0 Å². The second-order valence-corrected chi connectivity index (χ2v) is 6.70. The van der Waals surface area contributed by atoms with Gasteiger partial charge in [-0.2, -0.15) is 0 Å². The third-order valence-electron chi connectivity index (χ3n) is 2.74. The summed E-state index contributed by atoms with van der Waals surface area (Å²) in [7, 11) is 0. The van der Waals surface area contributed by atoms with Crippen LogP contribution in [0.2, 0.25) is 0 Å². The number of aliphatic hydroxyl groups excluding tert-OH is 1. The van der Waals surface area contributed by atoms with Crippen molar-refractivity contribution in [2.45, 2.75) is 12.8 Å². The second kappa shape index (κ2) is 6.34. The van der Waals surface area contributed by atoms with Crippen LogP contribution in [0.5, 0.6) is 0 Å². The summed E-state index contributed by atoms with van der Waals surface area (Å²) in [6, 6.07) is 14.5. The van der Waals surface area contributed by atoms with Crippen LogP contribution in [0.15, 0.2) is 46.3 Å². The van der Waals surface area contributed by atoms with E-state index < -0.39 is 0 Å². The smallest absolute Gasteiger partial charge is 0.0701 e. The number of thiophene rings is 1. The van der Waals surface area contributed by atoms with Crippen LogP contribution < -0.4 is 0 Å². The molecule has 0 aliphatic heterocycles. The van der Waals surface area contributed by atoms with Crippen molar-refractivity contribution >= 4 is 27.3 Å². The van der Waals surface area contributed by atoms with Crippen molar-refractivity contribution in [3.8, 4) is 0 Å². The monoisotopic (exact) mass is 310 g/mol. The van der Waals surface area contributed by atoms with Gasteiger partial charge in [-0.05, 0) is 52.4 Å². The molecule has 1 heterocycles. The Labute approximate surface area is 114 Å². The Morgan fingerprint density at radius 3 is 2.41 bits per heavy atom. The summed E-state index contributed by atoms with van der Waals surface area (Å²) in [5.41, 5.74) is 1.29. The van der Waals surface area contributed by atoms with Crippen molar-refractivity contribution in [3.63, 3.8) is 0 Å². The summed E-state index contributed by atoms with van der Waals surface area (Å²) in [6.07, 6.45) is 1.88. The molecule has 1 unspecified atom stereocenters. The summed E-state index contributed by atoms with van der Waals surface area (Å²) in [4.78, 5) is 1.33. The molecule has 0 spiro atoms. The maximum Gasteiger partial charge on any atom is 0.0701 e. The fraction of sp³-hybridized carbons (Fsp3) is 0.286. The number of rotatable bonds is 5. The number of hydrogen-bond acceptors (Lipinski definition) is 2. The Morgan fingerprint density at radius 2 is 1.82 bits per heavy atom. The van der Waals surface area contributed by atoms with E-state index in [2.05, 4.69) is 40.2 Å². The van der Waals surface area contributed by atoms with Crippen LogP contribution in [0, 0.1) is 5.92 Å². The standard InChI is InChI=1S/C14H15BrOS/c15-14-7-6-13(17-14)9-12(10-16)8-11-4-2-1-3-5-11/h1-7,12,16H,8-10H2. The summed E-state index contributed by atoms with van der Waals surface area (Å²) >= 11 is 5.21.